The predicted molar refractivity (Wildman–Crippen MR) is 123 cm³/mol. The van der Waals surface area contributed by atoms with E-state index in [0.29, 0.717) is 16.4 Å². The Hall–Kier alpha value is -3.71. The van der Waals surface area contributed by atoms with Crippen LogP contribution in [0.4, 0.5) is 0 Å². The number of hydrogen-bond acceptors (Lipinski definition) is 4. The van der Waals surface area contributed by atoms with Crippen molar-refractivity contribution < 1.29 is 9.67 Å². The standard InChI is InChI=1S/C24H22ClN5O2/c1-26-22(28(2)3)18-10-8-17(9-11-18)21-23(31)29-13-5-4-6-20(29)30(24(21)32)15-16-7-12-19(25)27-14-16/h4-14H,15H2,1-3H3. The molecule has 8 heteroatoms. The minimum atomic E-state index is -0.360. The molecule has 32 heavy (non-hydrogen) atoms. The van der Waals surface area contributed by atoms with Crippen molar-refractivity contribution in [3.05, 3.63) is 93.6 Å². The van der Waals surface area contributed by atoms with Crippen molar-refractivity contribution in [3.63, 3.8) is 0 Å². The van der Waals surface area contributed by atoms with Gasteiger partial charge in [-0.3, -0.25) is 4.99 Å². The first-order valence-corrected chi connectivity index (χ1v) is 10.4. The summed E-state index contributed by atoms with van der Waals surface area (Å²) in [5.74, 6) is 0.445. The summed E-state index contributed by atoms with van der Waals surface area (Å²) in [4.78, 5) is 23.6. The molecule has 3 heterocycles. The Morgan fingerprint density at radius 2 is 1.91 bits per heavy atom. The number of amidine groups is 1. The maximum absolute atomic E-state index is 13.5. The van der Waals surface area contributed by atoms with E-state index in [1.807, 2.05) is 37.2 Å². The van der Waals surface area contributed by atoms with Gasteiger partial charge in [-0.2, -0.15) is 4.40 Å². The quantitative estimate of drug-likeness (QED) is 0.208. The van der Waals surface area contributed by atoms with Gasteiger partial charge in [-0.1, -0.05) is 48.0 Å². The second-order valence-corrected chi connectivity index (χ2v) is 7.90. The Labute approximate surface area is 190 Å². The first-order chi connectivity index (χ1) is 15.4. The monoisotopic (exact) mass is 447 g/mol. The van der Waals surface area contributed by atoms with Crippen LogP contribution in [0.3, 0.4) is 0 Å². The number of nitrogens with zero attached hydrogens (tertiary/aromatic N) is 5. The number of aliphatic imine (C=N–C) groups is 1. The minimum absolute atomic E-state index is 0.113. The van der Waals surface area contributed by atoms with E-state index in [4.69, 9.17) is 11.6 Å². The molecule has 0 spiro atoms. The average Bonchev–Trinajstić information content (AvgIpc) is 2.79. The van der Waals surface area contributed by atoms with Crippen molar-refractivity contribution in [2.75, 3.05) is 21.1 Å². The zero-order valence-electron chi connectivity index (χ0n) is 18.0. The van der Waals surface area contributed by atoms with Gasteiger partial charge in [0, 0.05) is 44.5 Å². The molecule has 0 saturated carbocycles. The third-order valence-corrected chi connectivity index (χ3v) is 5.43. The van der Waals surface area contributed by atoms with Gasteiger partial charge in [0.05, 0.1) is 12.1 Å². The molecular formula is C24H22ClN5O2. The second kappa shape index (κ2) is 8.80. The fraction of sp³-hybridized carbons (Fsp3) is 0.167. The van der Waals surface area contributed by atoms with E-state index in [2.05, 4.69) is 9.98 Å². The number of fused-ring (bicyclic) bond motifs is 1. The zero-order valence-corrected chi connectivity index (χ0v) is 18.7. The summed E-state index contributed by atoms with van der Waals surface area (Å²) < 4.78 is 3.07. The van der Waals surface area contributed by atoms with Crippen LogP contribution in [0.15, 0.2) is 76.8 Å². The van der Waals surface area contributed by atoms with E-state index in [0.717, 1.165) is 17.0 Å². The molecule has 4 aromatic rings. The van der Waals surface area contributed by atoms with Crippen LogP contribution in [-0.4, -0.2) is 41.3 Å². The third-order valence-electron chi connectivity index (χ3n) is 5.20. The van der Waals surface area contributed by atoms with Crippen molar-refractivity contribution in [1.29, 1.82) is 0 Å². The zero-order chi connectivity index (χ0) is 22.8. The fourth-order valence-corrected chi connectivity index (χ4v) is 3.84. The summed E-state index contributed by atoms with van der Waals surface area (Å²) >= 11 is 5.90. The molecule has 4 rings (SSSR count). The molecule has 0 N–H and O–H groups in total. The van der Waals surface area contributed by atoms with Gasteiger partial charge < -0.3 is 10.0 Å². The van der Waals surface area contributed by atoms with Crippen molar-refractivity contribution in [2.45, 2.75) is 6.54 Å². The Balaban J connectivity index is 1.88. The second-order valence-electron chi connectivity index (χ2n) is 7.51. The molecule has 7 nitrogen and oxygen atoms in total. The van der Waals surface area contributed by atoms with Crippen LogP contribution >= 0.6 is 11.6 Å². The molecule has 0 unspecified atom stereocenters. The topological polar surface area (TPSA) is 76.9 Å². The first-order valence-electron chi connectivity index (χ1n) is 10.00. The maximum Gasteiger partial charge on any atom is 0.349 e. The van der Waals surface area contributed by atoms with Crippen LogP contribution in [-0.2, 0) is 6.54 Å². The average molecular weight is 448 g/mol. The highest BCUT2D eigenvalue weighted by Gasteiger charge is 2.20. The van der Waals surface area contributed by atoms with Crippen LogP contribution in [0.2, 0.25) is 5.15 Å². The van der Waals surface area contributed by atoms with Crippen molar-refractivity contribution >= 4 is 23.1 Å². The molecule has 3 aromatic heterocycles. The molecule has 162 valence electrons. The van der Waals surface area contributed by atoms with Crippen LogP contribution in [0.1, 0.15) is 11.1 Å². The van der Waals surface area contributed by atoms with E-state index in [1.165, 1.54) is 4.40 Å². The van der Waals surface area contributed by atoms with Crippen molar-refractivity contribution in [3.8, 4) is 17.0 Å². The van der Waals surface area contributed by atoms with E-state index in [1.54, 1.807) is 60.4 Å². The van der Waals surface area contributed by atoms with Crippen molar-refractivity contribution in [2.24, 2.45) is 4.99 Å². The summed E-state index contributed by atoms with van der Waals surface area (Å²) in [7, 11) is 5.55. The van der Waals surface area contributed by atoms with Crippen LogP contribution < -0.4 is 15.2 Å². The van der Waals surface area contributed by atoms with Crippen LogP contribution in [0.5, 0.6) is 5.88 Å². The Morgan fingerprint density at radius 3 is 2.53 bits per heavy atom. The number of hydrogen-bond donors (Lipinski definition) is 0. The van der Waals surface area contributed by atoms with Gasteiger partial charge in [-0.15, -0.1) is 0 Å². The first kappa shape index (κ1) is 21.5. The number of aromatic nitrogens is 3. The predicted octanol–water partition coefficient (Wildman–Crippen LogP) is 2.36. The SMILES string of the molecule is CN=C(c1ccc(-c2c([O-])[n+](Cc3ccc(Cl)nc3)c3ccccn3c2=O)cc1)N(C)C. The summed E-state index contributed by atoms with van der Waals surface area (Å²) in [6, 6.07) is 16.1. The maximum atomic E-state index is 13.5. The molecule has 0 radical (unpaired) electrons. The lowest BCUT2D eigenvalue weighted by molar-refractivity contribution is -0.708. The summed E-state index contributed by atoms with van der Waals surface area (Å²) in [5, 5.41) is 13.9. The van der Waals surface area contributed by atoms with E-state index < -0.39 is 0 Å². The van der Waals surface area contributed by atoms with Crippen molar-refractivity contribution in [1.82, 2.24) is 14.3 Å². The Kier molecular flexibility index (Phi) is 5.92. The number of pyridine rings is 2. The van der Waals surface area contributed by atoms with E-state index in [-0.39, 0.29) is 23.5 Å². The number of benzene rings is 1. The lowest BCUT2D eigenvalue weighted by atomic mass is 10.0. The highest BCUT2D eigenvalue weighted by Crippen LogP contribution is 2.23. The van der Waals surface area contributed by atoms with Gasteiger partial charge in [-0.05, 0) is 17.7 Å². The van der Waals surface area contributed by atoms with Gasteiger partial charge >= 0.3 is 5.56 Å². The Bertz CT molecular complexity index is 1360. The highest BCUT2D eigenvalue weighted by atomic mass is 35.5. The summed E-state index contributed by atoms with van der Waals surface area (Å²) in [5.41, 5.74) is 2.51. The lowest BCUT2D eigenvalue weighted by Crippen LogP contribution is -2.44. The van der Waals surface area contributed by atoms with Gasteiger partial charge in [0.2, 0.25) is 0 Å². The minimum Gasteiger partial charge on any atom is -0.842 e. The van der Waals surface area contributed by atoms with Gasteiger partial charge in [0.25, 0.3) is 5.65 Å². The Morgan fingerprint density at radius 1 is 1.16 bits per heavy atom. The molecular weight excluding hydrogens is 426 g/mol. The molecule has 0 aliphatic rings. The van der Waals surface area contributed by atoms with Gasteiger partial charge in [0.15, 0.2) is 0 Å². The molecule has 0 bridgehead atoms. The fourth-order valence-electron chi connectivity index (χ4n) is 3.73. The largest absolute Gasteiger partial charge is 0.842 e. The van der Waals surface area contributed by atoms with Gasteiger partial charge in [0.1, 0.15) is 23.1 Å². The molecule has 1 aromatic carbocycles. The van der Waals surface area contributed by atoms with E-state index in [9.17, 15) is 9.90 Å². The van der Waals surface area contributed by atoms with E-state index >= 15 is 0 Å². The molecule has 0 aliphatic carbocycles. The number of halogens is 1. The molecule has 0 fully saturated rings. The smallest absolute Gasteiger partial charge is 0.349 e. The molecule has 0 saturated heterocycles. The highest BCUT2D eigenvalue weighted by molar-refractivity contribution is 6.29. The lowest BCUT2D eigenvalue weighted by Gasteiger charge is -2.18. The molecule has 0 atom stereocenters. The van der Waals surface area contributed by atoms with Crippen LogP contribution in [0.25, 0.3) is 16.8 Å². The normalized spacial score (nSPS) is 11.7. The van der Waals surface area contributed by atoms with Crippen LogP contribution in [0, 0.1) is 0 Å². The molecule has 0 aliphatic heterocycles. The summed E-state index contributed by atoms with van der Waals surface area (Å²) in [6.45, 7) is 0.259. The number of rotatable bonds is 4. The summed E-state index contributed by atoms with van der Waals surface area (Å²) in [6.07, 6.45) is 3.29. The van der Waals surface area contributed by atoms with Gasteiger partial charge in [-0.25, -0.2) is 14.3 Å². The third kappa shape index (κ3) is 3.94. The molecule has 0 amide bonds.